The fraction of sp³-hybridized carbons (Fsp3) is 0.375. The Morgan fingerprint density at radius 1 is 0.976 bits per heavy atom. The third-order valence-electron chi connectivity index (χ3n) is 7.68. The van der Waals surface area contributed by atoms with Gasteiger partial charge in [-0.15, -0.1) is 0 Å². The number of hydrogen-bond acceptors (Lipinski definition) is 7. The van der Waals surface area contributed by atoms with Crippen LogP contribution in [0.25, 0.3) is 0 Å². The number of benzene rings is 2. The lowest BCUT2D eigenvalue weighted by atomic mass is 10.0. The summed E-state index contributed by atoms with van der Waals surface area (Å²) >= 11 is 0. The normalized spacial score (nSPS) is 17.9. The lowest BCUT2D eigenvalue weighted by Crippen LogP contribution is -2.45. The van der Waals surface area contributed by atoms with Crippen molar-refractivity contribution in [2.45, 2.75) is 44.4 Å². The van der Waals surface area contributed by atoms with Crippen LogP contribution in [0.15, 0.2) is 66.9 Å². The smallest absolute Gasteiger partial charge is 0.270 e. The van der Waals surface area contributed by atoms with Gasteiger partial charge in [0.1, 0.15) is 23.3 Å². The number of hydrogen-bond donors (Lipinski definition) is 1. The summed E-state index contributed by atoms with van der Waals surface area (Å²) in [6.45, 7) is 3.74. The van der Waals surface area contributed by atoms with Gasteiger partial charge in [-0.25, -0.2) is 0 Å². The van der Waals surface area contributed by atoms with E-state index < -0.39 is 0 Å². The lowest BCUT2D eigenvalue weighted by Gasteiger charge is -2.33. The number of aromatic nitrogens is 1. The monoisotopic (exact) mass is 553 g/mol. The van der Waals surface area contributed by atoms with Crippen LogP contribution in [0.2, 0.25) is 0 Å². The molecule has 1 aromatic heterocycles. The molecular weight excluding hydrogens is 518 g/mol. The molecule has 2 amide bonds. The van der Waals surface area contributed by atoms with Crippen molar-refractivity contribution in [2.75, 3.05) is 33.3 Å². The first-order valence-corrected chi connectivity index (χ1v) is 14.1. The van der Waals surface area contributed by atoms with Gasteiger partial charge in [-0.3, -0.25) is 19.5 Å². The number of likely N-dealkylation sites (tertiary alicyclic amines) is 2. The topological polar surface area (TPSA) is 108 Å². The number of ether oxygens (including phenoxy) is 2. The molecule has 0 aliphatic carbocycles. The van der Waals surface area contributed by atoms with E-state index in [0.29, 0.717) is 29.9 Å². The SMILES string of the molecule is COc1ccc(OC2CCCN(C(=O)c3ccc(C(=O)NC4CCN(Cc5ccc(C#N)cc5)CC4)nc3)C2)cc1. The standard InChI is InChI=1S/C32H35N5O4/c1-40-27-9-11-28(12-10-27)41-29-3-2-16-37(22-29)32(39)25-8-13-30(34-20-25)31(38)35-26-14-17-36(18-15-26)21-24-6-4-23(19-33)5-7-24/h4-13,20,26,29H,2-3,14-18,21-22H2,1H3,(H,35,38). The second-order valence-corrected chi connectivity index (χ2v) is 10.6. The van der Waals surface area contributed by atoms with E-state index >= 15 is 0 Å². The summed E-state index contributed by atoms with van der Waals surface area (Å²) in [7, 11) is 1.63. The summed E-state index contributed by atoms with van der Waals surface area (Å²) in [5.41, 5.74) is 2.61. The Balaban J connectivity index is 1.08. The van der Waals surface area contributed by atoms with Crippen LogP contribution in [0.4, 0.5) is 0 Å². The van der Waals surface area contributed by atoms with Crippen molar-refractivity contribution < 1.29 is 19.1 Å². The molecule has 9 nitrogen and oxygen atoms in total. The van der Waals surface area contributed by atoms with E-state index in [1.54, 1.807) is 24.1 Å². The van der Waals surface area contributed by atoms with Crippen molar-refractivity contribution in [1.29, 1.82) is 5.26 Å². The van der Waals surface area contributed by atoms with Crippen molar-refractivity contribution in [3.63, 3.8) is 0 Å². The number of carbonyl (C=O) groups excluding carboxylic acids is 2. The number of nitrogens with one attached hydrogen (secondary N) is 1. The van der Waals surface area contributed by atoms with Gasteiger partial charge in [0.05, 0.1) is 30.9 Å². The molecule has 41 heavy (non-hydrogen) atoms. The Morgan fingerprint density at radius 3 is 2.37 bits per heavy atom. The molecular formula is C32H35N5O4. The van der Waals surface area contributed by atoms with Crippen LogP contribution in [-0.4, -0.2) is 72.0 Å². The molecule has 2 fully saturated rings. The van der Waals surface area contributed by atoms with Crippen LogP contribution in [0.1, 0.15) is 57.7 Å². The number of nitrogens with zero attached hydrogens (tertiary/aromatic N) is 4. The average Bonchev–Trinajstić information content (AvgIpc) is 3.02. The Labute approximate surface area is 240 Å². The maximum atomic E-state index is 13.2. The molecule has 2 aromatic carbocycles. The predicted molar refractivity (Wildman–Crippen MR) is 154 cm³/mol. The fourth-order valence-corrected chi connectivity index (χ4v) is 5.34. The zero-order chi connectivity index (χ0) is 28.6. The molecule has 3 heterocycles. The van der Waals surface area contributed by atoms with Gasteiger partial charge in [0.2, 0.25) is 0 Å². The van der Waals surface area contributed by atoms with Crippen molar-refractivity contribution in [2.24, 2.45) is 0 Å². The van der Waals surface area contributed by atoms with Gasteiger partial charge in [0.25, 0.3) is 11.8 Å². The predicted octanol–water partition coefficient (Wildman–Crippen LogP) is 4.04. The van der Waals surface area contributed by atoms with E-state index in [4.69, 9.17) is 14.7 Å². The highest BCUT2D eigenvalue weighted by Gasteiger charge is 2.27. The highest BCUT2D eigenvalue weighted by Crippen LogP contribution is 2.22. The summed E-state index contributed by atoms with van der Waals surface area (Å²) in [5.74, 6) is 1.19. The Bertz CT molecular complexity index is 1360. The number of piperidine rings is 2. The van der Waals surface area contributed by atoms with Crippen molar-refractivity contribution in [3.05, 3.63) is 89.2 Å². The third-order valence-corrected chi connectivity index (χ3v) is 7.68. The van der Waals surface area contributed by atoms with E-state index in [1.165, 1.54) is 11.8 Å². The number of carbonyl (C=O) groups is 2. The summed E-state index contributed by atoms with van der Waals surface area (Å²) in [6, 6.07) is 20.6. The summed E-state index contributed by atoms with van der Waals surface area (Å²) < 4.78 is 11.3. The van der Waals surface area contributed by atoms with Gasteiger partial charge in [0, 0.05) is 38.4 Å². The Hall–Kier alpha value is -4.42. The molecule has 1 atom stereocenters. The molecule has 1 unspecified atom stereocenters. The van der Waals surface area contributed by atoms with Gasteiger partial charge >= 0.3 is 0 Å². The largest absolute Gasteiger partial charge is 0.497 e. The molecule has 9 heteroatoms. The zero-order valence-corrected chi connectivity index (χ0v) is 23.3. The number of methoxy groups -OCH3 is 1. The molecule has 3 aromatic rings. The molecule has 0 saturated carbocycles. The third kappa shape index (κ3) is 7.41. The molecule has 0 spiro atoms. The average molecular weight is 554 g/mol. The van der Waals surface area contributed by atoms with Crippen LogP contribution >= 0.6 is 0 Å². The minimum atomic E-state index is -0.222. The quantitative estimate of drug-likeness (QED) is 0.449. The molecule has 2 aliphatic rings. The van der Waals surface area contributed by atoms with E-state index in [1.807, 2.05) is 48.5 Å². The van der Waals surface area contributed by atoms with Gasteiger partial charge in [0.15, 0.2) is 0 Å². The molecule has 0 bridgehead atoms. The maximum absolute atomic E-state index is 13.2. The Kier molecular flexibility index (Phi) is 9.12. The fourth-order valence-electron chi connectivity index (χ4n) is 5.34. The number of nitriles is 1. The van der Waals surface area contributed by atoms with Crippen LogP contribution in [0.3, 0.4) is 0 Å². The molecule has 1 N–H and O–H groups in total. The molecule has 0 radical (unpaired) electrons. The first-order chi connectivity index (χ1) is 20.0. The second kappa shape index (κ2) is 13.3. The van der Waals surface area contributed by atoms with Crippen molar-refractivity contribution in [3.8, 4) is 17.6 Å². The van der Waals surface area contributed by atoms with Crippen LogP contribution in [0, 0.1) is 11.3 Å². The van der Waals surface area contributed by atoms with E-state index in [0.717, 1.165) is 56.8 Å². The summed E-state index contributed by atoms with van der Waals surface area (Å²) in [5, 5.41) is 12.1. The van der Waals surface area contributed by atoms with E-state index in [2.05, 4.69) is 21.3 Å². The molecule has 212 valence electrons. The minimum absolute atomic E-state index is 0.0822. The van der Waals surface area contributed by atoms with Crippen molar-refractivity contribution >= 4 is 11.8 Å². The molecule has 2 saturated heterocycles. The van der Waals surface area contributed by atoms with Gasteiger partial charge in [-0.1, -0.05) is 12.1 Å². The maximum Gasteiger partial charge on any atom is 0.270 e. The summed E-state index contributed by atoms with van der Waals surface area (Å²) in [4.78, 5) is 34.5. The Morgan fingerprint density at radius 2 is 1.71 bits per heavy atom. The van der Waals surface area contributed by atoms with Gasteiger partial charge < -0.3 is 19.7 Å². The number of amides is 2. The second-order valence-electron chi connectivity index (χ2n) is 10.6. The van der Waals surface area contributed by atoms with Crippen molar-refractivity contribution in [1.82, 2.24) is 20.1 Å². The highest BCUT2D eigenvalue weighted by molar-refractivity contribution is 5.96. The molecule has 2 aliphatic heterocycles. The van der Waals surface area contributed by atoms with E-state index in [-0.39, 0.29) is 24.0 Å². The lowest BCUT2D eigenvalue weighted by molar-refractivity contribution is 0.0537. The highest BCUT2D eigenvalue weighted by atomic mass is 16.5. The van der Waals surface area contributed by atoms with Crippen LogP contribution in [-0.2, 0) is 6.54 Å². The first kappa shape index (κ1) is 28.1. The van der Waals surface area contributed by atoms with Crippen LogP contribution < -0.4 is 14.8 Å². The zero-order valence-electron chi connectivity index (χ0n) is 23.3. The van der Waals surface area contributed by atoms with E-state index in [9.17, 15) is 9.59 Å². The molecule has 5 rings (SSSR count). The first-order valence-electron chi connectivity index (χ1n) is 14.1. The number of rotatable bonds is 8. The number of pyridine rings is 1. The van der Waals surface area contributed by atoms with Gasteiger partial charge in [-0.05, 0) is 79.8 Å². The summed E-state index contributed by atoms with van der Waals surface area (Å²) in [6.07, 6.45) is 4.84. The van der Waals surface area contributed by atoms with Gasteiger partial charge in [-0.2, -0.15) is 5.26 Å². The minimum Gasteiger partial charge on any atom is -0.497 e. The van der Waals surface area contributed by atoms with Crippen LogP contribution in [0.5, 0.6) is 11.5 Å².